The molecule has 8 nitrogen and oxygen atoms in total. The van der Waals surface area contributed by atoms with Crippen molar-refractivity contribution in [3.63, 3.8) is 0 Å². The van der Waals surface area contributed by atoms with E-state index < -0.39 is 0 Å². The summed E-state index contributed by atoms with van der Waals surface area (Å²) in [6.07, 6.45) is 3.44. The number of fused-ring (bicyclic) bond motifs is 1. The van der Waals surface area contributed by atoms with Crippen LogP contribution in [0.15, 0.2) is 42.7 Å². The Morgan fingerprint density at radius 1 is 1.09 bits per heavy atom. The number of benzene rings is 1. The molecule has 1 unspecified atom stereocenters. The lowest BCUT2D eigenvalue weighted by Gasteiger charge is -2.35. The van der Waals surface area contributed by atoms with Gasteiger partial charge in [-0.05, 0) is 31.7 Å². The van der Waals surface area contributed by atoms with Crippen LogP contribution in [0, 0.1) is 0 Å². The number of ether oxygens (including phenoxy) is 1. The van der Waals surface area contributed by atoms with Crippen molar-refractivity contribution in [1.29, 1.82) is 0 Å². The van der Waals surface area contributed by atoms with E-state index in [1.165, 1.54) is 5.69 Å². The fraction of sp³-hybridized carbons (Fsp3) is 0.480. The third-order valence-corrected chi connectivity index (χ3v) is 6.66. The van der Waals surface area contributed by atoms with Gasteiger partial charge in [-0.25, -0.2) is 9.97 Å². The maximum atomic E-state index is 6.00. The molecule has 33 heavy (non-hydrogen) atoms. The number of nitrogens with zero attached hydrogens (tertiary/aromatic N) is 5. The molecule has 0 amide bonds. The zero-order chi connectivity index (χ0) is 22.7. The summed E-state index contributed by atoms with van der Waals surface area (Å²) < 4.78 is 6.00. The highest BCUT2D eigenvalue weighted by atomic mass is 16.5. The molecule has 0 aliphatic carbocycles. The molecule has 2 aromatic heterocycles. The van der Waals surface area contributed by atoms with Gasteiger partial charge in [-0.15, -0.1) is 0 Å². The number of piperazine rings is 1. The Kier molecular flexibility index (Phi) is 6.39. The number of nitrogens with one attached hydrogen (secondary N) is 2. The van der Waals surface area contributed by atoms with Crippen LogP contribution in [0.3, 0.4) is 0 Å². The van der Waals surface area contributed by atoms with Crippen molar-refractivity contribution in [2.75, 3.05) is 69.2 Å². The van der Waals surface area contributed by atoms with Gasteiger partial charge in [0.2, 0.25) is 0 Å². The molecule has 1 atom stereocenters. The second-order valence-electron chi connectivity index (χ2n) is 9.08. The van der Waals surface area contributed by atoms with Gasteiger partial charge in [0.1, 0.15) is 5.52 Å². The Bertz CT molecular complexity index is 1070. The molecule has 0 radical (unpaired) electrons. The van der Waals surface area contributed by atoms with Crippen molar-refractivity contribution in [3.05, 3.63) is 42.7 Å². The van der Waals surface area contributed by atoms with Crippen LogP contribution < -0.4 is 15.5 Å². The van der Waals surface area contributed by atoms with E-state index in [2.05, 4.69) is 68.5 Å². The fourth-order valence-corrected chi connectivity index (χ4v) is 4.57. The topological polar surface area (TPSA) is 78.4 Å². The average Bonchev–Trinajstić information content (AvgIpc) is 2.88. The Morgan fingerprint density at radius 2 is 1.88 bits per heavy atom. The number of morpholine rings is 1. The molecule has 2 N–H and O–H groups in total. The van der Waals surface area contributed by atoms with Crippen molar-refractivity contribution < 1.29 is 4.74 Å². The maximum absolute atomic E-state index is 6.00. The molecule has 3 aromatic rings. The average molecular weight is 448 g/mol. The third kappa shape index (κ3) is 4.93. The number of rotatable bonds is 6. The highest BCUT2D eigenvalue weighted by Gasteiger charge is 2.28. The summed E-state index contributed by atoms with van der Waals surface area (Å²) in [6.45, 7) is 12.9. The molecule has 174 valence electrons. The van der Waals surface area contributed by atoms with E-state index in [1.54, 1.807) is 12.4 Å². The summed E-state index contributed by atoms with van der Waals surface area (Å²) in [4.78, 5) is 19.0. The van der Waals surface area contributed by atoms with Crippen LogP contribution in [0.4, 0.5) is 11.5 Å². The molecular formula is C25H33N7O. The van der Waals surface area contributed by atoms with E-state index in [0.29, 0.717) is 13.2 Å². The maximum Gasteiger partial charge on any atom is 0.155 e. The van der Waals surface area contributed by atoms with Crippen molar-refractivity contribution in [2.45, 2.75) is 19.4 Å². The predicted octanol–water partition coefficient (Wildman–Crippen LogP) is 2.62. The van der Waals surface area contributed by atoms with Crippen molar-refractivity contribution in [3.8, 4) is 11.3 Å². The van der Waals surface area contributed by atoms with E-state index in [0.717, 1.165) is 73.9 Å². The second kappa shape index (κ2) is 9.59. The molecule has 8 heteroatoms. The van der Waals surface area contributed by atoms with Gasteiger partial charge in [0.05, 0.1) is 23.4 Å². The van der Waals surface area contributed by atoms with Crippen LogP contribution in [-0.2, 0) is 4.74 Å². The van der Waals surface area contributed by atoms with Crippen molar-refractivity contribution in [1.82, 2.24) is 25.2 Å². The molecular weight excluding hydrogens is 414 g/mol. The lowest BCUT2D eigenvalue weighted by atomic mass is 10.1. The van der Waals surface area contributed by atoms with Gasteiger partial charge >= 0.3 is 0 Å². The van der Waals surface area contributed by atoms with Gasteiger partial charge in [0.15, 0.2) is 5.82 Å². The first-order valence-corrected chi connectivity index (χ1v) is 11.9. The number of pyridine rings is 1. The Labute approximate surface area is 195 Å². The minimum atomic E-state index is -0.284. The first-order chi connectivity index (χ1) is 16.1. The molecule has 2 aliphatic rings. The smallest absolute Gasteiger partial charge is 0.155 e. The minimum absolute atomic E-state index is 0.284. The summed E-state index contributed by atoms with van der Waals surface area (Å²) in [6, 6.07) is 10.7. The van der Waals surface area contributed by atoms with E-state index >= 15 is 0 Å². The molecule has 2 aliphatic heterocycles. The fourth-order valence-electron chi connectivity index (χ4n) is 4.57. The molecule has 5 rings (SSSR count). The monoisotopic (exact) mass is 447 g/mol. The second-order valence-corrected chi connectivity index (χ2v) is 9.08. The standard InChI is InChI=1S/C25H33N7O/c1-3-31-11-13-32(14-12-31)20-6-4-19(5-7-20)21-16-22-23(28-9-8-27-22)24(30-21)29-18-25(2)17-26-10-15-33-25/h4-9,16,26H,3,10-15,17-18H2,1-2H3,(H,29,30). The first-order valence-electron chi connectivity index (χ1n) is 11.9. The molecule has 1 aromatic carbocycles. The quantitative estimate of drug-likeness (QED) is 0.597. The lowest BCUT2D eigenvalue weighted by Crippen LogP contribution is -2.51. The summed E-state index contributed by atoms with van der Waals surface area (Å²) in [5.41, 5.74) is 4.55. The van der Waals surface area contributed by atoms with E-state index in [-0.39, 0.29) is 5.60 Å². The number of likely N-dealkylation sites (N-methyl/N-ethyl adjacent to an activating group) is 1. The van der Waals surface area contributed by atoms with Gasteiger partial charge in [-0.1, -0.05) is 19.1 Å². The lowest BCUT2D eigenvalue weighted by molar-refractivity contribution is -0.0425. The summed E-state index contributed by atoms with van der Waals surface area (Å²) >= 11 is 0. The number of aromatic nitrogens is 3. The predicted molar refractivity (Wildman–Crippen MR) is 133 cm³/mol. The molecule has 0 spiro atoms. The highest BCUT2D eigenvalue weighted by molar-refractivity contribution is 5.88. The van der Waals surface area contributed by atoms with Crippen LogP contribution in [0.2, 0.25) is 0 Å². The van der Waals surface area contributed by atoms with Gasteiger partial charge in [-0.3, -0.25) is 4.98 Å². The normalized spacial score (nSPS) is 21.9. The Balaban J connectivity index is 1.38. The summed E-state index contributed by atoms with van der Waals surface area (Å²) in [5.74, 6) is 0.741. The zero-order valence-corrected chi connectivity index (χ0v) is 19.5. The summed E-state index contributed by atoms with van der Waals surface area (Å²) in [5, 5.41) is 6.89. The molecule has 2 fully saturated rings. The van der Waals surface area contributed by atoms with Gasteiger partial charge in [-0.2, -0.15) is 0 Å². The Hall–Kier alpha value is -2.81. The van der Waals surface area contributed by atoms with E-state index in [9.17, 15) is 0 Å². The first kappa shape index (κ1) is 22.0. The minimum Gasteiger partial charge on any atom is -0.371 e. The van der Waals surface area contributed by atoms with Gasteiger partial charge in [0, 0.05) is 69.5 Å². The highest BCUT2D eigenvalue weighted by Crippen LogP contribution is 2.28. The number of hydrogen-bond acceptors (Lipinski definition) is 8. The summed E-state index contributed by atoms with van der Waals surface area (Å²) in [7, 11) is 0. The van der Waals surface area contributed by atoms with Crippen LogP contribution in [0.5, 0.6) is 0 Å². The Morgan fingerprint density at radius 3 is 2.61 bits per heavy atom. The number of hydrogen-bond donors (Lipinski definition) is 2. The van der Waals surface area contributed by atoms with Crippen molar-refractivity contribution >= 4 is 22.5 Å². The van der Waals surface area contributed by atoms with Crippen LogP contribution in [0.25, 0.3) is 22.3 Å². The van der Waals surface area contributed by atoms with Crippen LogP contribution in [-0.4, -0.2) is 84.4 Å². The molecule has 2 saturated heterocycles. The molecule has 4 heterocycles. The van der Waals surface area contributed by atoms with Gasteiger partial charge in [0.25, 0.3) is 0 Å². The SMILES string of the molecule is CCN1CCN(c2ccc(-c3cc4nccnc4c(NCC4(C)CNCCO4)n3)cc2)CC1. The van der Waals surface area contributed by atoms with E-state index in [1.807, 2.05) is 6.07 Å². The van der Waals surface area contributed by atoms with Crippen LogP contribution in [0.1, 0.15) is 13.8 Å². The zero-order valence-electron chi connectivity index (χ0n) is 19.5. The van der Waals surface area contributed by atoms with Gasteiger partial charge < -0.3 is 25.2 Å². The van der Waals surface area contributed by atoms with Crippen LogP contribution >= 0.6 is 0 Å². The molecule has 0 bridgehead atoms. The number of anilines is 2. The third-order valence-electron chi connectivity index (χ3n) is 6.66. The van der Waals surface area contributed by atoms with Crippen molar-refractivity contribution in [2.24, 2.45) is 0 Å². The van der Waals surface area contributed by atoms with E-state index in [4.69, 9.17) is 9.72 Å². The molecule has 0 saturated carbocycles. The largest absolute Gasteiger partial charge is 0.371 e.